The summed E-state index contributed by atoms with van der Waals surface area (Å²) in [4.78, 5) is 57.5. The van der Waals surface area contributed by atoms with E-state index in [-0.39, 0.29) is 71.0 Å². The molecule has 0 aromatic heterocycles. The third-order valence-electron chi connectivity index (χ3n) is 10.2. The van der Waals surface area contributed by atoms with Crippen LogP contribution < -0.4 is 0 Å². The maximum absolute atomic E-state index is 13.7. The Kier molecular flexibility index (Phi) is 5.26. The molecule has 2 heterocycles. The Balaban J connectivity index is 1.13. The van der Waals surface area contributed by atoms with Crippen LogP contribution in [0.1, 0.15) is 36.8 Å². The molecule has 2 saturated heterocycles. The first-order chi connectivity index (χ1) is 18.4. The van der Waals surface area contributed by atoms with E-state index < -0.39 is 11.8 Å². The molecule has 0 spiro atoms. The maximum Gasteiger partial charge on any atom is 0.233 e. The van der Waals surface area contributed by atoms with Crippen molar-refractivity contribution in [2.45, 2.75) is 25.7 Å². The van der Waals surface area contributed by atoms with Gasteiger partial charge in [-0.05, 0) is 46.6 Å². The highest BCUT2D eigenvalue weighted by atomic mass is 16.2. The monoisotopic (exact) mass is 508 g/mol. The first kappa shape index (κ1) is 23.6. The van der Waals surface area contributed by atoms with Crippen LogP contribution in [0.3, 0.4) is 0 Å². The molecule has 38 heavy (non-hydrogen) atoms. The Morgan fingerprint density at radius 1 is 0.553 bits per heavy atom. The average molecular weight is 509 g/mol. The predicted octanol–water partition coefficient (Wildman–Crippen LogP) is 3.86. The van der Waals surface area contributed by atoms with Gasteiger partial charge in [-0.15, -0.1) is 0 Å². The Morgan fingerprint density at radius 2 is 0.895 bits per heavy atom. The Hall–Kier alpha value is -3.54. The van der Waals surface area contributed by atoms with Gasteiger partial charge in [0.15, 0.2) is 0 Å². The number of benzene rings is 2. The van der Waals surface area contributed by atoms with Gasteiger partial charge in [0.2, 0.25) is 23.6 Å². The van der Waals surface area contributed by atoms with Gasteiger partial charge in [0.1, 0.15) is 0 Å². The smallest absolute Gasteiger partial charge is 0.233 e. The van der Waals surface area contributed by atoms with Crippen LogP contribution in [0.4, 0.5) is 0 Å². The van der Waals surface area contributed by atoms with E-state index in [0.717, 1.165) is 11.1 Å². The molecule has 0 N–H and O–H groups in total. The minimum Gasteiger partial charge on any atom is -0.281 e. The lowest BCUT2D eigenvalue weighted by Crippen LogP contribution is -2.63. The van der Waals surface area contributed by atoms with Crippen molar-refractivity contribution in [3.63, 3.8) is 0 Å². The number of imide groups is 2. The number of hydrogen-bond donors (Lipinski definition) is 0. The highest BCUT2D eigenvalue weighted by molar-refractivity contribution is 6.09. The summed E-state index contributed by atoms with van der Waals surface area (Å²) in [5.74, 6) is -2.25. The molecule has 2 aromatic rings. The minimum absolute atomic E-state index is 0.0343. The molecular formula is C32H32N2O4. The minimum atomic E-state index is -0.414. The fourth-order valence-electron chi connectivity index (χ4n) is 8.41. The second kappa shape index (κ2) is 8.48. The van der Waals surface area contributed by atoms with Crippen LogP contribution in [0, 0.1) is 47.3 Å². The number of allylic oxidation sites excluding steroid dienone is 2. The van der Waals surface area contributed by atoms with E-state index in [9.17, 15) is 19.2 Å². The van der Waals surface area contributed by atoms with Crippen LogP contribution in [-0.4, -0.2) is 46.5 Å². The van der Waals surface area contributed by atoms with Gasteiger partial charge in [-0.3, -0.25) is 29.0 Å². The van der Waals surface area contributed by atoms with Crippen molar-refractivity contribution in [1.82, 2.24) is 9.80 Å². The number of nitrogens with zero attached hydrogens (tertiary/aromatic N) is 2. The standard InChI is InChI=1S/C32H32N2O4/c1-17(19-9-5-3-6-10-19)15-33-29(35)25-21-13-14-22(26(25)30(33)36)24-23(21)27-28(24)32(38)34(31(27)37)16-18(2)20-11-7-4-8-12-20/h3-14,17-18,21-28H,15-16H2,1-2H3/t17-,18+,21-,22+,23+,24-,25+,26-,27+,28+/m1/s1. The molecule has 4 amide bonds. The molecule has 2 bridgehead atoms. The number of rotatable bonds is 6. The van der Waals surface area contributed by atoms with Crippen LogP contribution in [0.5, 0.6) is 0 Å². The van der Waals surface area contributed by atoms with Gasteiger partial charge in [0.05, 0.1) is 23.7 Å². The molecule has 6 heteroatoms. The van der Waals surface area contributed by atoms with Gasteiger partial charge in [-0.1, -0.05) is 86.7 Å². The van der Waals surface area contributed by atoms with Gasteiger partial charge in [-0.25, -0.2) is 0 Å². The van der Waals surface area contributed by atoms with E-state index in [0.29, 0.717) is 13.1 Å². The van der Waals surface area contributed by atoms with Gasteiger partial charge < -0.3 is 0 Å². The fraction of sp³-hybridized carbons (Fsp3) is 0.438. The molecule has 4 fully saturated rings. The van der Waals surface area contributed by atoms with E-state index in [1.807, 2.05) is 74.5 Å². The van der Waals surface area contributed by atoms with Crippen LogP contribution in [0.25, 0.3) is 0 Å². The molecule has 0 radical (unpaired) electrons. The number of likely N-dealkylation sites (tertiary alicyclic amines) is 2. The van der Waals surface area contributed by atoms with Crippen molar-refractivity contribution in [3.05, 3.63) is 83.9 Å². The van der Waals surface area contributed by atoms with Crippen molar-refractivity contribution in [2.75, 3.05) is 13.1 Å². The quantitative estimate of drug-likeness (QED) is 0.439. The number of carbonyl (C=O) groups is 4. The van der Waals surface area contributed by atoms with Gasteiger partial charge in [-0.2, -0.15) is 0 Å². The highest BCUT2D eigenvalue weighted by Gasteiger charge is 2.74. The van der Waals surface area contributed by atoms with Crippen LogP contribution in [0.15, 0.2) is 72.8 Å². The SMILES string of the molecule is C[C@H](CN1C(=O)[C@@H]2[C@H]3C=C[C@@H]([C@@H]2C1=O)[C@@H]1[C@@H]2C(=O)N(C[C@H](C)c4ccccc4)C(=O)[C@H]2[C@H]31)c1ccccc1. The largest absolute Gasteiger partial charge is 0.281 e. The first-order valence-corrected chi connectivity index (χ1v) is 13.9. The summed E-state index contributed by atoms with van der Waals surface area (Å²) in [5.41, 5.74) is 2.20. The maximum atomic E-state index is 13.7. The Bertz CT molecular complexity index is 1300. The van der Waals surface area contributed by atoms with Gasteiger partial charge in [0, 0.05) is 13.1 Å². The van der Waals surface area contributed by atoms with Crippen molar-refractivity contribution < 1.29 is 19.2 Å². The highest BCUT2D eigenvalue weighted by Crippen LogP contribution is 2.68. The summed E-state index contributed by atoms with van der Waals surface area (Å²) in [5, 5.41) is 0. The molecule has 6 aliphatic rings. The Morgan fingerprint density at radius 3 is 1.26 bits per heavy atom. The first-order valence-electron chi connectivity index (χ1n) is 13.9. The van der Waals surface area contributed by atoms with Gasteiger partial charge in [0.25, 0.3) is 0 Å². The summed E-state index contributed by atoms with van der Waals surface area (Å²) in [6.07, 6.45) is 4.15. The molecular weight excluding hydrogens is 476 g/mol. The molecule has 2 saturated carbocycles. The molecule has 2 aliphatic heterocycles. The van der Waals surface area contributed by atoms with Crippen LogP contribution >= 0.6 is 0 Å². The molecule has 0 unspecified atom stereocenters. The lowest BCUT2D eigenvalue weighted by atomic mass is 9.40. The van der Waals surface area contributed by atoms with E-state index >= 15 is 0 Å². The molecule has 2 aromatic carbocycles. The lowest BCUT2D eigenvalue weighted by molar-refractivity contribution is -0.166. The van der Waals surface area contributed by atoms with E-state index in [4.69, 9.17) is 0 Å². The molecule has 10 atom stereocenters. The van der Waals surface area contributed by atoms with Crippen molar-refractivity contribution in [2.24, 2.45) is 47.3 Å². The van der Waals surface area contributed by atoms with Crippen LogP contribution in [-0.2, 0) is 19.2 Å². The molecule has 6 nitrogen and oxygen atoms in total. The lowest BCUT2D eigenvalue weighted by Gasteiger charge is -2.60. The average Bonchev–Trinajstić information content (AvgIpc) is 3.29. The summed E-state index contributed by atoms with van der Waals surface area (Å²) in [7, 11) is 0. The van der Waals surface area contributed by atoms with E-state index in [2.05, 4.69) is 12.2 Å². The third kappa shape index (κ3) is 3.12. The summed E-state index contributed by atoms with van der Waals surface area (Å²) >= 11 is 0. The molecule has 8 rings (SSSR count). The normalized spacial score (nSPS) is 36.2. The second-order valence-corrected chi connectivity index (χ2v) is 12.0. The number of carbonyl (C=O) groups excluding carboxylic acids is 4. The summed E-state index contributed by atoms with van der Waals surface area (Å²) < 4.78 is 0. The molecule has 4 aliphatic carbocycles. The van der Waals surface area contributed by atoms with E-state index in [1.165, 1.54) is 9.80 Å². The Labute approximate surface area is 222 Å². The van der Waals surface area contributed by atoms with Crippen molar-refractivity contribution >= 4 is 23.6 Å². The number of fused-ring (bicyclic) bond motifs is 1. The zero-order chi connectivity index (χ0) is 26.3. The van der Waals surface area contributed by atoms with Crippen LogP contribution in [0.2, 0.25) is 0 Å². The number of hydrogen-bond acceptors (Lipinski definition) is 4. The zero-order valence-corrected chi connectivity index (χ0v) is 21.6. The summed E-state index contributed by atoms with van der Waals surface area (Å²) in [6.45, 7) is 4.81. The number of amides is 4. The van der Waals surface area contributed by atoms with Crippen molar-refractivity contribution in [3.8, 4) is 0 Å². The van der Waals surface area contributed by atoms with Gasteiger partial charge >= 0.3 is 0 Å². The van der Waals surface area contributed by atoms with Crippen molar-refractivity contribution in [1.29, 1.82) is 0 Å². The predicted molar refractivity (Wildman–Crippen MR) is 140 cm³/mol. The topological polar surface area (TPSA) is 74.8 Å². The second-order valence-electron chi connectivity index (χ2n) is 12.0. The fourth-order valence-corrected chi connectivity index (χ4v) is 8.41. The third-order valence-corrected chi connectivity index (χ3v) is 10.2. The summed E-state index contributed by atoms with van der Waals surface area (Å²) in [6, 6.07) is 19.9. The van der Waals surface area contributed by atoms with E-state index in [1.54, 1.807) is 0 Å². The zero-order valence-electron chi connectivity index (χ0n) is 21.6. The molecule has 194 valence electrons.